The van der Waals surface area contributed by atoms with Gasteiger partial charge in [-0.05, 0) is 38.0 Å². The van der Waals surface area contributed by atoms with Crippen LogP contribution in [0.5, 0.6) is 0 Å². The van der Waals surface area contributed by atoms with E-state index in [9.17, 15) is 18.0 Å². The minimum Gasteiger partial charge on any atom is -0.325 e. The number of hydrogen-bond donors (Lipinski definition) is 2. The Labute approximate surface area is 188 Å². The number of H-pyrrole nitrogens is 1. The topological polar surface area (TPSA) is 142 Å². The van der Waals surface area contributed by atoms with Gasteiger partial charge in [-0.3, -0.25) is 14.6 Å². The Bertz CT molecular complexity index is 1290. The van der Waals surface area contributed by atoms with Crippen molar-refractivity contribution in [1.82, 2.24) is 29.1 Å². The number of hydrogen-bond acceptors (Lipinski definition) is 8. The van der Waals surface area contributed by atoms with Gasteiger partial charge >= 0.3 is 0 Å². The van der Waals surface area contributed by atoms with Crippen molar-refractivity contribution in [3.8, 4) is 0 Å². The Morgan fingerprint density at radius 1 is 1.19 bits per heavy atom. The third-order valence-corrected chi connectivity index (χ3v) is 7.88. The van der Waals surface area contributed by atoms with E-state index in [1.54, 1.807) is 25.1 Å². The lowest BCUT2D eigenvalue weighted by Gasteiger charge is -2.20. The van der Waals surface area contributed by atoms with Crippen molar-refractivity contribution in [3.63, 3.8) is 0 Å². The molecule has 0 unspecified atom stereocenters. The van der Waals surface area contributed by atoms with E-state index >= 15 is 0 Å². The Kier molecular flexibility index (Phi) is 6.58. The average molecular weight is 478 g/mol. The highest BCUT2D eigenvalue weighted by atomic mass is 32.2. The van der Waals surface area contributed by atoms with Crippen molar-refractivity contribution < 1.29 is 13.2 Å². The molecule has 3 aromatic rings. The van der Waals surface area contributed by atoms with Gasteiger partial charge in [0.15, 0.2) is 0 Å². The summed E-state index contributed by atoms with van der Waals surface area (Å²) in [5.41, 5.74) is 0.302. The zero-order valence-corrected chi connectivity index (χ0v) is 19.1. The third-order valence-electron chi connectivity index (χ3n) is 5.07. The fraction of sp³-hybridized carbons (Fsp3) is 0.421. The Balaban J connectivity index is 1.43. The van der Waals surface area contributed by atoms with Crippen LogP contribution in [0.1, 0.15) is 31.4 Å². The maximum Gasteiger partial charge on any atom is 0.273 e. The molecule has 0 saturated carbocycles. The van der Waals surface area contributed by atoms with Gasteiger partial charge in [0.1, 0.15) is 5.69 Å². The summed E-state index contributed by atoms with van der Waals surface area (Å²) in [7, 11) is -3.61. The number of aromatic amines is 1. The van der Waals surface area contributed by atoms with Gasteiger partial charge in [0.2, 0.25) is 21.1 Å². The maximum absolute atomic E-state index is 13.0. The van der Waals surface area contributed by atoms with Crippen molar-refractivity contribution in [1.29, 1.82) is 0 Å². The Hall–Kier alpha value is -2.77. The number of amides is 1. The first-order valence-corrected chi connectivity index (χ1v) is 12.6. The fourth-order valence-electron chi connectivity index (χ4n) is 3.40. The van der Waals surface area contributed by atoms with Crippen LogP contribution < -0.4 is 10.9 Å². The second-order valence-electron chi connectivity index (χ2n) is 7.44. The Morgan fingerprint density at radius 2 is 1.94 bits per heavy atom. The van der Waals surface area contributed by atoms with Crippen molar-refractivity contribution in [2.24, 2.45) is 0 Å². The normalized spacial score (nSPS) is 15.5. The van der Waals surface area contributed by atoms with E-state index < -0.39 is 10.0 Å². The molecule has 1 aliphatic heterocycles. The molecule has 1 aromatic carbocycles. The van der Waals surface area contributed by atoms with Crippen LogP contribution >= 0.6 is 11.8 Å². The van der Waals surface area contributed by atoms with Crippen LogP contribution in [-0.4, -0.2) is 62.3 Å². The molecule has 2 N–H and O–H groups in total. The van der Waals surface area contributed by atoms with E-state index in [4.69, 9.17) is 0 Å². The molecule has 4 rings (SSSR count). The quantitative estimate of drug-likeness (QED) is 0.508. The van der Waals surface area contributed by atoms with Crippen LogP contribution in [0.4, 0.5) is 5.69 Å². The number of anilines is 1. The number of sulfonamides is 1. The standard InChI is InChI=1S/C19H23N7O4S2/c1-13-17(28)21-18-22-23-19(26(18)24-13)31-12-16(27)20-14-7-6-8-15(11-14)32(29,30)25-9-4-2-3-5-10-25/h6-8,11H,2-5,9-10,12H2,1H3,(H,20,27)(H,21,22,28). The summed E-state index contributed by atoms with van der Waals surface area (Å²) in [5.74, 6) is -0.142. The number of aromatic nitrogens is 5. The second-order valence-corrected chi connectivity index (χ2v) is 10.3. The number of carbonyl (C=O) groups excluding carboxylic acids is 1. The molecule has 0 aliphatic carbocycles. The van der Waals surface area contributed by atoms with Gasteiger partial charge in [-0.15, -0.1) is 10.2 Å². The van der Waals surface area contributed by atoms with Crippen molar-refractivity contribution in [2.75, 3.05) is 24.2 Å². The number of nitrogens with zero attached hydrogens (tertiary/aromatic N) is 5. The molecule has 0 spiro atoms. The van der Waals surface area contributed by atoms with Gasteiger partial charge in [0.05, 0.1) is 10.6 Å². The molecule has 1 saturated heterocycles. The average Bonchev–Trinajstić information content (AvgIpc) is 2.97. The summed E-state index contributed by atoms with van der Waals surface area (Å²) in [6.45, 7) is 2.59. The SMILES string of the molecule is Cc1nn2c(SCC(=O)Nc3cccc(S(=O)(=O)N4CCCCCC4)c3)nnc2[nH]c1=O. The van der Waals surface area contributed by atoms with Gasteiger partial charge in [0, 0.05) is 18.8 Å². The van der Waals surface area contributed by atoms with E-state index in [-0.39, 0.29) is 33.6 Å². The summed E-state index contributed by atoms with van der Waals surface area (Å²) in [6, 6.07) is 6.28. The Morgan fingerprint density at radius 3 is 2.69 bits per heavy atom. The maximum atomic E-state index is 13.0. The van der Waals surface area contributed by atoms with E-state index in [1.165, 1.54) is 14.9 Å². The second kappa shape index (κ2) is 9.38. The molecule has 0 bridgehead atoms. The van der Waals surface area contributed by atoms with Crippen LogP contribution in [0.25, 0.3) is 5.78 Å². The molecule has 3 heterocycles. The van der Waals surface area contributed by atoms with E-state index in [0.29, 0.717) is 23.9 Å². The zero-order valence-electron chi connectivity index (χ0n) is 17.4. The smallest absolute Gasteiger partial charge is 0.273 e. The molecule has 1 aliphatic rings. The van der Waals surface area contributed by atoms with Gasteiger partial charge < -0.3 is 5.32 Å². The number of benzene rings is 1. The van der Waals surface area contributed by atoms with Crippen LogP contribution in [-0.2, 0) is 14.8 Å². The fourth-order valence-corrected chi connectivity index (χ4v) is 5.65. The van der Waals surface area contributed by atoms with E-state index in [1.807, 2.05) is 0 Å². The predicted octanol–water partition coefficient (Wildman–Crippen LogP) is 1.42. The first-order valence-electron chi connectivity index (χ1n) is 10.2. The van der Waals surface area contributed by atoms with E-state index in [0.717, 1.165) is 37.4 Å². The highest BCUT2D eigenvalue weighted by Crippen LogP contribution is 2.23. The summed E-state index contributed by atoms with van der Waals surface area (Å²) >= 11 is 1.10. The first kappa shape index (κ1) is 22.4. The predicted molar refractivity (Wildman–Crippen MR) is 119 cm³/mol. The van der Waals surface area contributed by atoms with E-state index in [2.05, 4.69) is 25.6 Å². The van der Waals surface area contributed by atoms with Gasteiger partial charge in [-0.1, -0.05) is 30.7 Å². The highest BCUT2D eigenvalue weighted by Gasteiger charge is 2.25. The summed E-state index contributed by atoms with van der Waals surface area (Å²) in [6.07, 6.45) is 3.78. The zero-order chi connectivity index (χ0) is 22.7. The van der Waals surface area contributed by atoms with Gasteiger partial charge in [-0.25, -0.2) is 8.42 Å². The molecular weight excluding hydrogens is 454 g/mol. The first-order chi connectivity index (χ1) is 15.3. The molecule has 11 nitrogen and oxygen atoms in total. The van der Waals surface area contributed by atoms with Crippen molar-refractivity contribution in [2.45, 2.75) is 42.7 Å². The third kappa shape index (κ3) is 4.84. The number of carbonyl (C=O) groups is 1. The molecule has 2 aromatic heterocycles. The molecule has 0 radical (unpaired) electrons. The molecule has 170 valence electrons. The van der Waals surface area contributed by atoms with Crippen LogP contribution in [0, 0.1) is 6.92 Å². The summed E-state index contributed by atoms with van der Waals surface area (Å²) in [4.78, 5) is 26.8. The van der Waals surface area contributed by atoms with Crippen molar-refractivity contribution >= 4 is 39.2 Å². The number of aryl methyl sites for hydroxylation is 1. The lowest BCUT2D eigenvalue weighted by molar-refractivity contribution is -0.113. The number of thioether (sulfide) groups is 1. The minimum absolute atomic E-state index is 0.00372. The molecule has 13 heteroatoms. The number of fused-ring (bicyclic) bond motifs is 1. The number of nitrogens with one attached hydrogen (secondary N) is 2. The van der Waals surface area contributed by atoms with Crippen LogP contribution in [0.2, 0.25) is 0 Å². The molecule has 32 heavy (non-hydrogen) atoms. The van der Waals surface area contributed by atoms with Crippen molar-refractivity contribution in [3.05, 3.63) is 40.3 Å². The summed E-state index contributed by atoms with van der Waals surface area (Å²) in [5, 5.41) is 15.0. The molecule has 1 amide bonds. The summed E-state index contributed by atoms with van der Waals surface area (Å²) < 4.78 is 28.9. The lowest BCUT2D eigenvalue weighted by Crippen LogP contribution is -2.32. The number of rotatable bonds is 6. The lowest BCUT2D eigenvalue weighted by atomic mass is 10.2. The molecule has 0 atom stereocenters. The minimum atomic E-state index is -3.61. The highest BCUT2D eigenvalue weighted by molar-refractivity contribution is 7.99. The van der Waals surface area contributed by atoms with Crippen LogP contribution in [0.15, 0.2) is 39.1 Å². The van der Waals surface area contributed by atoms with Gasteiger partial charge in [-0.2, -0.15) is 13.9 Å². The van der Waals surface area contributed by atoms with Crippen LogP contribution in [0.3, 0.4) is 0 Å². The van der Waals surface area contributed by atoms with Gasteiger partial charge in [0.25, 0.3) is 11.3 Å². The monoisotopic (exact) mass is 477 g/mol. The largest absolute Gasteiger partial charge is 0.325 e. The molecule has 1 fully saturated rings. The molecular formula is C19H23N7O4S2.